The maximum absolute atomic E-state index is 11.4. The molecule has 0 unspecified atom stereocenters. The molecule has 1 N–H and O–H groups in total. The van der Waals surface area contributed by atoms with Crippen LogP contribution in [0.3, 0.4) is 0 Å². The van der Waals surface area contributed by atoms with Crippen LogP contribution in [0.1, 0.15) is 17.4 Å². The molecule has 0 amide bonds. The van der Waals surface area contributed by atoms with E-state index in [9.17, 15) is 9.90 Å². The Labute approximate surface area is 97.7 Å². The third-order valence-electron chi connectivity index (χ3n) is 2.10. The van der Waals surface area contributed by atoms with Gasteiger partial charge in [-0.1, -0.05) is 18.2 Å². The van der Waals surface area contributed by atoms with E-state index in [1.165, 1.54) is 0 Å². The lowest BCUT2D eigenvalue weighted by Gasteiger charge is -1.95. The van der Waals surface area contributed by atoms with Crippen molar-refractivity contribution in [2.75, 3.05) is 6.61 Å². The first-order valence-electron chi connectivity index (χ1n) is 5.14. The summed E-state index contributed by atoms with van der Waals surface area (Å²) >= 11 is 0. The van der Waals surface area contributed by atoms with Crippen molar-refractivity contribution in [3.8, 4) is 17.4 Å². The molecule has 2 rings (SSSR count). The standard InChI is InChI=1S/C12H11NO4/c1-2-16-11(14)9-12(15)17-10(13-9)8-6-4-3-5-7-8/h3-7,15H,2H2,1H3. The minimum Gasteiger partial charge on any atom is -0.479 e. The minimum atomic E-state index is -0.698. The van der Waals surface area contributed by atoms with Gasteiger partial charge in [0.2, 0.25) is 11.6 Å². The van der Waals surface area contributed by atoms with E-state index in [0.717, 1.165) is 0 Å². The van der Waals surface area contributed by atoms with Crippen LogP contribution in [0.2, 0.25) is 0 Å². The van der Waals surface area contributed by atoms with E-state index in [1.807, 2.05) is 6.07 Å². The van der Waals surface area contributed by atoms with Crippen molar-refractivity contribution in [1.29, 1.82) is 0 Å². The lowest BCUT2D eigenvalue weighted by molar-refractivity contribution is 0.0514. The van der Waals surface area contributed by atoms with Crippen LogP contribution in [0.25, 0.3) is 11.5 Å². The molecule has 0 aliphatic carbocycles. The second-order valence-corrected chi connectivity index (χ2v) is 3.26. The molecule has 2 aromatic rings. The second-order valence-electron chi connectivity index (χ2n) is 3.26. The van der Waals surface area contributed by atoms with Crippen LogP contribution < -0.4 is 0 Å². The highest BCUT2D eigenvalue weighted by molar-refractivity contribution is 5.90. The highest BCUT2D eigenvalue weighted by atomic mass is 16.5. The van der Waals surface area contributed by atoms with Crippen molar-refractivity contribution in [1.82, 2.24) is 4.98 Å². The summed E-state index contributed by atoms with van der Waals surface area (Å²) in [5, 5.41) is 9.46. The third-order valence-corrected chi connectivity index (χ3v) is 2.10. The molecular formula is C12H11NO4. The summed E-state index contributed by atoms with van der Waals surface area (Å²) in [5.41, 5.74) is 0.476. The molecule has 88 valence electrons. The van der Waals surface area contributed by atoms with Gasteiger partial charge in [-0.15, -0.1) is 0 Å². The van der Waals surface area contributed by atoms with Crippen LogP contribution in [0.4, 0.5) is 0 Å². The summed E-state index contributed by atoms with van der Waals surface area (Å²) < 4.78 is 9.75. The number of rotatable bonds is 3. The van der Waals surface area contributed by atoms with Gasteiger partial charge in [0.15, 0.2) is 0 Å². The molecule has 0 saturated carbocycles. The molecule has 0 aliphatic rings. The SMILES string of the molecule is CCOC(=O)c1nc(-c2ccccc2)oc1O. The van der Waals surface area contributed by atoms with Crippen LogP contribution in [-0.2, 0) is 4.74 Å². The van der Waals surface area contributed by atoms with Crippen molar-refractivity contribution in [2.24, 2.45) is 0 Å². The molecule has 17 heavy (non-hydrogen) atoms. The zero-order valence-electron chi connectivity index (χ0n) is 9.21. The topological polar surface area (TPSA) is 72.6 Å². The molecular weight excluding hydrogens is 222 g/mol. The first-order chi connectivity index (χ1) is 8.22. The fourth-order valence-electron chi connectivity index (χ4n) is 1.35. The zero-order valence-corrected chi connectivity index (χ0v) is 9.21. The van der Waals surface area contributed by atoms with Crippen LogP contribution >= 0.6 is 0 Å². The number of carbonyl (C=O) groups is 1. The summed E-state index contributed by atoms with van der Waals surface area (Å²) in [5.74, 6) is -1.04. The number of ether oxygens (including phenoxy) is 1. The van der Waals surface area contributed by atoms with E-state index >= 15 is 0 Å². The molecule has 1 heterocycles. The van der Waals surface area contributed by atoms with Gasteiger partial charge in [-0.25, -0.2) is 4.79 Å². The quantitative estimate of drug-likeness (QED) is 0.823. The lowest BCUT2D eigenvalue weighted by Crippen LogP contribution is -2.05. The fourth-order valence-corrected chi connectivity index (χ4v) is 1.35. The molecule has 0 fully saturated rings. The number of esters is 1. The number of benzene rings is 1. The Kier molecular flexibility index (Phi) is 3.09. The van der Waals surface area contributed by atoms with Gasteiger partial charge < -0.3 is 14.3 Å². The van der Waals surface area contributed by atoms with E-state index in [-0.39, 0.29) is 18.2 Å². The molecule has 0 saturated heterocycles. The molecule has 0 bridgehead atoms. The normalized spacial score (nSPS) is 10.2. The molecule has 5 nitrogen and oxygen atoms in total. The van der Waals surface area contributed by atoms with Gasteiger partial charge in [-0.2, -0.15) is 4.98 Å². The Balaban J connectivity index is 2.34. The van der Waals surface area contributed by atoms with Gasteiger partial charge in [0.05, 0.1) is 6.61 Å². The molecule has 1 aromatic carbocycles. The molecule has 0 aliphatic heterocycles. The van der Waals surface area contributed by atoms with Gasteiger partial charge in [0.25, 0.3) is 0 Å². The van der Waals surface area contributed by atoms with Crippen molar-refractivity contribution in [2.45, 2.75) is 6.92 Å². The van der Waals surface area contributed by atoms with Gasteiger partial charge in [-0.05, 0) is 19.1 Å². The fraction of sp³-hybridized carbons (Fsp3) is 0.167. The number of hydrogen-bond donors (Lipinski definition) is 1. The van der Waals surface area contributed by atoms with Gasteiger partial charge in [-0.3, -0.25) is 0 Å². The number of carbonyl (C=O) groups excluding carboxylic acids is 1. The number of hydrogen-bond acceptors (Lipinski definition) is 5. The third kappa shape index (κ3) is 2.28. The van der Waals surface area contributed by atoms with Crippen molar-refractivity contribution < 1.29 is 19.1 Å². The Hall–Kier alpha value is -2.30. The summed E-state index contributed by atoms with van der Waals surface area (Å²) in [6.07, 6.45) is 0. The van der Waals surface area contributed by atoms with E-state index in [1.54, 1.807) is 31.2 Å². The number of aromatic hydroxyl groups is 1. The second kappa shape index (κ2) is 4.69. The molecule has 1 aromatic heterocycles. The van der Waals surface area contributed by atoms with Crippen LogP contribution in [0.5, 0.6) is 5.95 Å². The first-order valence-corrected chi connectivity index (χ1v) is 5.14. The van der Waals surface area contributed by atoms with Crippen LogP contribution in [0, 0.1) is 0 Å². The van der Waals surface area contributed by atoms with Crippen LogP contribution in [-0.4, -0.2) is 22.7 Å². The predicted molar refractivity (Wildman–Crippen MR) is 59.6 cm³/mol. The Morgan fingerprint density at radius 2 is 2.12 bits per heavy atom. The molecule has 5 heteroatoms. The van der Waals surface area contributed by atoms with Crippen molar-refractivity contribution in [3.05, 3.63) is 36.0 Å². The summed E-state index contributed by atoms with van der Waals surface area (Å²) in [6, 6.07) is 8.99. The van der Waals surface area contributed by atoms with Gasteiger partial charge in [0.1, 0.15) is 0 Å². The maximum Gasteiger partial charge on any atom is 0.364 e. The summed E-state index contributed by atoms with van der Waals surface area (Å²) in [4.78, 5) is 15.3. The monoisotopic (exact) mass is 233 g/mol. The van der Waals surface area contributed by atoms with Crippen LogP contribution in [0.15, 0.2) is 34.7 Å². The van der Waals surface area contributed by atoms with Crippen molar-refractivity contribution in [3.63, 3.8) is 0 Å². The molecule has 0 radical (unpaired) electrons. The summed E-state index contributed by atoms with van der Waals surface area (Å²) in [6.45, 7) is 1.89. The number of nitrogens with zero attached hydrogens (tertiary/aromatic N) is 1. The predicted octanol–water partition coefficient (Wildman–Crippen LogP) is 2.22. The molecule has 0 spiro atoms. The minimum absolute atomic E-state index is 0.186. The Morgan fingerprint density at radius 1 is 1.41 bits per heavy atom. The average molecular weight is 233 g/mol. The summed E-state index contributed by atoms with van der Waals surface area (Å²) in [7, 11) is 0. The van der Waals surface area contributed by atoms with E-state index in [4.69, 9.17) is 9.15 Å². The van der Waals surface area contributed by atoms with Gasteiger partial charge >= 0.3 is 11.9 Å². The van der Waals surface area contributed by atoms with E-state index in [0.29, 0.717) is 5.56 Å². The maximum atomic E-state index is 11.4. The van der Waals surface area contributed by atoms with Crippen molar-refractivity contribution >= 4 is 5.97 Å². The average Bonchev–Trinajstić information content (AvgIpc) is 2.73. The lowest BCUT2D eigenvalue weighted by atomic mass is 10.2. The smallest absolute Gasteiger partial charge is 0.364 e. The first kappa shape index (κ1) is 11.2. The zero-order chi connectivity index (χ0) is 12.3. The Bertz CT molecular complexity index is 519. The Morgan fingerprint density at radius 3 is 2.76 bits per heavy atom. The highest BCUT2D eigenvalue weighted by Crippen LogP contribution is 2.26. The largest absolute Gasteiger partial charge is 0.479 e. The van der Waals surface area contributed by atoms with E-state index < -0.39 is 11.9 Å². The van der Waals surface area contributed by atoms with Gasteiger partial charge in [0, 0.05) is 5.56 Å². The number of oxazole rings is 1. The molecule has 0 atom stereocenters. The van der Waals surface area contributed by atoms with E-state index in [2.05, 4.69) is 4.98 Å². The number of aromatic nitrogens is 1. The highest BCUT2D eigenvalue weighted by Gasteiger charge is 2.21.